The van der Waals surface area contributed by atoms with Gasteiger partial charge in [-0.3, -0.25) is 9.59 Å². The molecule has 2 heterocycles. The smallest absolute Gasteiger partial charge is 0.277 e. The Kier molecular flexibility index (Phi) is 10.9. The van der Waals surface area contributed by atoms with Crippen molar-refractivity contribution in [3.8, 4) is 0 Å². The monoisotopic (exact) mass is 497 g/mol. The van der Waals surface area contributed by atoms with E-state index in [4.69, 9.17) is 0 Å². The zero-order chi connectivity index (χ0) is 24.9. The average Bonchev–Trinajstić information content (AvgIpc) is 2.86. The van der Waals surface area contributed by atoms with Crippen LogP contribution in [0.2, 0.25) is 0 Å². The molecular formula is C26H32FN5O2S. The van der Waals surface area contributed by atoms with Crippen LogP contribution in [-0.2, 0) is 23.5 Å². The molecule has 0 saturated carbocycles. The first-order valence-corrected chi connectivity index (χ1v) is 13.0. The van der Waals surface area contributed by atoms with Gasteiger partial charge < -0.3 is 9.88 Å². The van der Waals surface area contributed by atoms with E-state index in [0.717, 1.165) is 30.4 Å². The molecule has 0 spiro atoms. The van der Waals surface area contributed by atoms with Crippen LogP contribution in [0.5, 0.6) is 0 Å². The van der Waals surface area contributed by atoms with E-state index in [9.17, 15) is 14.0 Å². The Labute approximate surface area is 209 Å². The predicted molar refractivity (Wildman–Crippen MR) is 136 cm³/mol. The highest BCUT2D eigenvalue weighted by molar-refractivity contribution is 7.98. The number of nitrogens with one attached hydrogen (secondary N) is 1. The summed E-state index contributed by atoms with van der Waals surface area (Å²) in [6, 6.07) is 6.27. The third-order valence-corrected chi connectivity index (χ3v) is 6.56. The molecular weight excluding hydrogens is 465 g/mol. The molecule has 35 heavy (non-hydrogen) atoms. The van der Waals surface area contributed by atoms with Gasteiger partial charge in [0.15, 0.2) is 5.16 Å². The minimum Gasteiger partial charge on any atom is -0.354 e. The molecule has 0 aliphatic carbocycles. The Hall–Kier alpha value is -3.07. The molecule has 2 aromatic heterocycles. The summed E-state index contributed by atoms with van der Waals surface area (Å²) in [5.74, 6) is 0.296. The third kappa shape index (κ3) is 9.24. The number of nitrogens with zero attached hydrogens (tertiary/aromatic N) is 4. The predicted octanol–water partition coefficient (Wildman–Crippen LogP) is 4.53. The highest BCUT2D eigenvalue weighted by atomic mass is 32.2. The molecule has 0 unspecified atom stereocenters. The lowest BCUT2D eigenvalue weighted by Crippen LogP contribution is -2.28. The Morgan fingerprint density at radius 2 is 1.80 bits per heavy atom. The molecule has 7 nitrogen and oxygen atoms in total. The van der Waals surface area contributed by atoms with Crippen LogP contribution >= 0.6 is 11.8 Å². The van der Waals surface area contributed by atoms with Crippen molar-refractivity contribution >= 4 is 17.7 Å². The number of aromatic nitrogens is 4. The fourth-order valence-corrected chi connectivity index (χ4v) is 4.53. The van der Waals surface area contributed by atoms with Crippen molar-refractivity contribution in [2.45, 2.75) is 69.3 Å². The van der Waals surface area contributed by atoms with Crippen LogP contribution in [-0.4, -0.2) is 32.0 Å². The molecule has 3 aromatic rings. The second kappa shape index (κ2) is 14.4. The Morgan fingerprint density at radius 3 is 2.54 bits per heavy atom. The van der Waals surface area contributed by atoms with Crippen LogP contribution in [0.3, 0.4) is 0 Å². The number of carbonyl (C=O) groups excluding carboxylic acids is 1. The van der Waals surface area contributed by atoms with Crippen LogP contribution in [0.15, 0.2) is 59.1 Å². The lowest BCUT2D eigenvalue weighted by atomic mass is 10.1. The summed E-state index contributed by atoms with van der Waals surface area (Å²) in [5, 5.41) is 3.53. The SMILES string of the molecule is CCCCCCCC(=O)NCCn1cc(Cc2cncnc2)c(=O)nc1SCc1ccc(F)cc1. The van der Waals surface area contributed by atoms with E-state index in [1.807, 2.05) is 4.57 Å². The zero-order valence-corrected chi connectivity index (χ0v) is 20.9. The number of carbonyl (C=O) groups is 1. The summed E-state index contributed by atoms with van der Waals surface area (Å²) in [5.41, 5.74) is 1.98. The van der Waals surface area contributed by atoms with Gasteiger partial charge in [0.25, 0.3) is 5.56 Å². The van der Waals surface area contributed by atoms with Gasteiger partial charge in [-0.25, -0.2) is 14.4 Å². The number of rotatable bonds is 14. The molecule has 1 aromatic carbocycles. The number of amides is 1. The standard InChI is InChI=1S/C26H32FN5O2S/c1-2-3-4-5-6-7-24(33)30-12-13-32-17-22(14-21-15-28-19-29-16-21)25(34)31-26(32)35-18-20-8-10-23(27)11-9-20/h8-11,15-17,19H,2-7,12-14,18H2,1H3,(H,30,33). The molecule has 0 bridgehead atoms. The molecule has 1 amide bonds. The van der Waals surface area contributed by atoms with E-state index in [-0.39, 0.29) is 17.3 Å². The zero-order valence-electron chi connectivity index (χ0n) is 20.1. The minimum atomic E-state index is -0.303. The number of hydrogen-bond acceptors (Lipinski definition) is 6. The first kappa shape index (κ1) is 26.5. The maximum atomic E-state index is 13.2. The van der Waals surface area contributed by atoms with Crippen LogP contribution < -0.4 is 10.9 Å². The van der Waals surface area contributed by atoms with Crippen molar-refractivity contribution in [2.24, 2.45) is 0 Å². The van der Waals surface area contributed by atoms with Crippen LogP contribution in [0.4, 0.5) is 4.39 Å². The fraction of sp³-hybridized carbons (Fsp3) is 0.423. The van der Waals surface area contributed by atoms with Gasteiger partial charge in [0, 0.05) is 55.8 Å². The summed E-state index contributed by atoms with van der Waals surface area (Å²) in [6.07, 6.45) is 13.0. The maximum absolute atomic E-state index is 13.2. The molecule has 0 fully saturated rings. The van der Waals surface area contributed by atoms with Gasteiger partial charge >= 0.3 is 0 Å². The fourth-order valence-electron chi connectivity index (χ4n) is 3.58. The van der Waals surface area contributed by atoms with Gasteiger partial charge in [-0.1, -0.05) is 56.5 Å². The van der Waals surface area contributed by atoms with Gasteiger partial charge in [-0.05, 0) is 29.7 Å². The van der Waals surface area contributed by atoms with E-state index in [1.54, 1.807) is 30.7 Å². The Morgan fingerprint density at radius 1 is 1.06 bits per heavy atom. The number of halogens is 1. The third-order valence-electron chi connectivity index (χ3n) is 5.50. The highest BCUT2D eigenvalue weighted by Crippen LogP contribution is 2.21. The van der Waals surface area contributed by atoms with Crippen LogP contribution in [0.1, 0.15) is 62.1 Å². The van der Waals surface area contributed by atoms with E-state index in [1.165, 1.54) is 43.1 Å². The second-order valence-corrected chi connectivity index (χ2v) is 9.34. The number of benzene rings is 1. The number of unbranched alkanes of at least 4 members (excludes halogenated alkanes) is 4. The van der Waals surface area contributed by atoms with Gasteiger partial charge in [0.05, 0.1) is 0 Å². The second-order valence-electron chi connectivity index (χ2n) is 8.40. The minimum absolute atomic E-state index is 0.0395. The molecule has 0 aliphatic rings. The molecule has 0 aliphatic heterocycles. The normalized spacial score (nSPS) is 10.9. The lowest BCUT2D eigenvalue weighted by molar-refractivity contribution is -0.121. The van der Waals surface area contributed by atoms with Gasteiger partial charge in [-0.15, -0.1) is 0 Å². The Balaban J connectivity index is 1.66. The summed E-state index contributed by atoms with van der Waals surface area (Å²) in [6.45, 7) is 3.10. The van der Waals surface area contributed by atoms with Crippen LogP contribution in [0.25, 0.3) is 0 Å². The van der Waals surface area contributed by atoms with Gasteiger partial charge in [-0.2, -0.15) is 4.98 Å². The number of hydrogen-bond donors (Lipinski definition) is 1. The molecule has 1 N–H and O–H groups in total. The molecule has 0 atom stereocenters. The van der Waals surface area contributed by atoms with Gasteiger partial charge in [0.1, 0.15) is 12.1 Å². The van der Waals surface area contributed by atoms with E-state index >= 15 is 0 Å². The summed E-state index contributed by atoms with van der Waals surface area (Å²) >= 11 is 1.41. The van der Waals surface area contributed by atoms with E-state index in [0.29, 0.717) is 42.4 Å². The molecule has 0 radical (unpaired) electrons. The summed E-state index contributed by atoms with van der Waals surface area (Å²) in [4.78, 5) is 37.3. The number of thioether (sulfide) groups is 1. The van der Waals surface area contributed by atoms with Crippen LogP contribution in [0, 0.1) is 5.82 Å². The average molecular weight is 498 g/mol. The topological polar surface area (TPSA) is 89.8 Å². The summed E-state index contributed by atoms with van der Waals surface area (Å²) < 4.78 is 15.1. The molecule has 3 rings (SSSR count). The van der Waals surface area contributed by atoms with Crippen molar-refractivity contribution in [1.82, 2.24) is 24.8 Å². The molecule has 0 saturated heterocycles. The maximum Gasteiger partial charge on any atom is 0.277 e. The van der Waals surface area contributed by atoms with E-state index in [2.05, 4.69) is 27.2 Å². The quantitative estimate of drug-likeness (QED) is 0.200. The largest absolute Gasteiger partial charge is 0.354 e. The van der Waals surface area contributed by atoms with Crippen molar-refractivity contribution in [1.29, 1.82) is 0 Å². The highest BCUT2D eigenvalue weighted by Gasteiger charge is 2.12. The molecule has 9 heteroatoms. The van der Waals surface area contributed by atoms with Crippen molar-refractivity contribution < 1.29 is 9.18 Å². The van der Waals surface area contributed by atoms with Crippen molar-refractivity contribution in [3.05, 3.63) is 82.0 Å². The van der Waals surface area contributed by atoms with Crippen molar-refractivity contribution in [3.63, 3.8) is 0 Å². The van der Waals surface area contributed by atoms with E-state index < -0.39 is 0 Å². The van der Waals surface area contributed by atoms with Gasteiger partial charge in [0.2, 0.25) is 5.91 Å². The molecule has 186 valence electrons. The first-order chi connectivity index (χ1) is 17.0. The van der Waals surface area contributed by atoms with Crippen molar-refractivity contribution in [2.75, 3.05) is 6.54 Å². The Bertz CT molecular complexity index is 1120. The first-order valence-electron chi connectivity index (χ1n) is 12.0. The lowest BCUT2D eigenvalue weighted by Gasteiger charge is -2.14. The summed E-state index contributed by atoms with van der Waals surface area (Å²) in [7, 11) is 0.